The van der Waals surface area contributed by atoms with Gasteiger partial charge >= 0.3 is 0 Å². The van der Waals surface area contributed by atoms with Crippen LogP contribution in [0.1, 0.15) is 25.3 Å². The van der Waals surface area contributed by atoms with Crippen LogP contribution in [0.2, 0.25) is 0 Å². The van der Waals surface area contributed by atoms with Crippen molar-refractivity contribution in [1.82, 2.24) is 9.97 Å². The number of furan rings is 1. The number of aromatic nitrogens is 2. The van der Waals surface area contributed by atoms with Crippen LogP contribution < -0.4 is 15.5 Å². The molecule has 0 aliphatic rings. The zero-order valence-electron chi connectivity index (χ0n) is 15.5. The van der Waals surface area contributed by atoms with E-state index in [9.17, 15) is 0 Å². The summed E-state index contributed by atoms with van der Waals surface area (Å²) in [6.45, 7) is 8.85. The van der Waals surface area contributed by atoms with Crippen LogP contribution in [0.25, 0.3) is 0 Å². The number of hydrogen-bond acceptors (Lipinski definition) is 6. The molecule has 0 radical (unpaired) electrons. The highest BCUT2D eigenvalue weighted by Gasteiger charge is 2.05. The molecule has 3 rings (SSSR count). The number of rotatable bonds is 8. The van der Waals surface area contributed by atoms with E-state index in [1.165, 1.54) is 5.69 Å². The molecular formula is C20H25N5O. The average Bonchev–Trinajstić information content (AvgIpc) is 3.16. The monoisotopic (exact) mass is 351 g/mol. The Hall–Kier alpha value is -3.02. The molecule has 0 unspecified atom stereocenters. The van der Waals surface area contributed by atoms with Gasteiger partial charge in [0.25, 0.3) is 0 Å². The lowest BCUT2D eigenvalue weighted by molar-refractivity contribution is 0.518. The SMILES string of the molecule is CCN(CC)c1ccc(Nc2nc(C)cc(NCc3ccco3)n2)cc1. The van der Waals surface area contributed by atoms with Gasteiger partial charge in [0.2, 0.25) is 5.95 Å². The fraction of sp³-hybridized carbons (Fsp3) is 0.300. The summed E-state index contributed by atoms with van der Waals surface area (Å²) in [6.07, 6.45) is 1.66. The Bertz CT molecular complexity index is 811. The average molecular weight is 351 g/mol. The van der Waals surface area contributed by atoms with Crippen molar-refractivity contribution in [2.75, 3.05) is 28.6 Å². The van der Waals surface area contributed by atoms with Gasteiger partial charge in [-0.25, -0.2) is 4.98 Å². The Morgan fingerprint density at radius 3 is 2.46 bits per heavy atom. The normalized spacial score (nSPS) is 10.6. The largest absolute Gasteiger partial charge is 0.467 e. The van der Waals surface area contributed by atoms with Gasteiger partial charge in [0.05, 0.1) is 12.8 Å². The second-order valence-corrected chi connectivity index (χ2v) is 6.00. The Kier molecular flexibility index (Phi) is 5.73. The molecule has 0 aliphatic heterocycles. The highest BCUT2D eigenvalue weighted by Crippen LogP contribution is 2.21. The van der Waals surface area contributed by atoms with Gasteiger partial charge in [-0.3, -0.25) is 0 Å². The number of hydrogen-bond donors (Lipinski definition) is 2. The second-order valence-electron chi connectivity index (χ2n) is 6.00. The van der Waals surface area contributed by atoms with Gasteiger partial charge < -0.3 is 20.0 Å². The zero-order valence-corrected chi connectivity index (χ0v) is 15.5. The van der Waals surface area contributed by atoms with Crippen molar-refractivity contribution >= 4 is 23.1 Å². The van der Waals surface area contributed by atoms with Crippen molar-refractivity contribution in [2.24, 2.45) is 0 Å². The molecule has 0 saturated heterocycles. The highest BCUT2D eigenvalue weighted by molar-refractivity contribution is 5.60. The van der Waals surface area contributed by atoms with Gasteiger partial charge in [-0.15, -0.1) is 0 Å². The number of aryl methyl sites for hydroxylation is 1. The Labute approximate surface area is 154 Å². The minimum atomic E-state index is 0.572. The Balaban J connectivity index is 1.69. The fourth-order valence-electron chi connectivity index (χ4n) is 2.78. The quantitative estimate of drug-likeness (QED) is 0.619. The molecule has 2 N–H and O–H groups in total. The van der Waals surface area contributed by atoms with Crippen molar-refractivity contribution in [3.63, 3.8) is 0 Å². The molecule has 0 spiro atoms. The molecular weight excluding hydrogens is 326 g/mol. The van der Waals surface area contributed by atoms with E-state index in [2.05, 4.69) is 63.6 Å². The molecule has 0 bridgehead atoms. The van der Waals surface area contributed by atoms with Crippen LogP contribution in [0.5, 0.6) is 0 Å². The molecule has 6 nitrogen and oxygen atoms in total. The summed E-state index contributed by atoms with van der Waals surface area (Å²) in [4.78, 5) is 11.3. The van der Waals surface area contributed by atoms with Gasteiger partial charge in [0, 0.05) is 36.2 Å². The molecule has 2 heterocycles. The lowest BCUT2D eigenvalue weighted by Gasteiger charge is -2.21. The number of nitrogens with zero attached hydrogens (tertiary/aromatic N) is 3. The molecule has 26 heavy (non-hydrogen) atoms. The van der Waals surface area contributed by atoms with E-state index in [1.807, 2.05) is 25.1 Å². The lowest BCUT2D eigenvalue weighted by Crippen LogP contribution is -2.21. The Morgan fingerprint density at radius 2 is 1.81 bits per heavy atom. The summed E-state index contributed by atoms with van der Waals surface area (Å²) >= 11 is 0. The van der Waals surface area contributed by atoms with Crippen LogP contribution in [-0.2, 0) is 6.54 Å². The van der Waals surface area contributed by atoms with E-state index >= 15 is 0 Å². The van der Waals surface area contributed by atoms with E-state index in [-0.39, 0.29) is 0 Å². The maximum Gasteiger partial charge on any atom is 0.229 e. The standard InChI is InChI=1S/C20H25N5O/c1-4-25(5-2)17-10-8-16(9-11-17)23-20-22-15(3)13-19(24-20)21-14-18-7-6-12-26-18/h6-13H,4-5,14H2,1-3H3,(H2,21,22,23,24). The summed E-state index contributed by atoms with van der Waals surface area (Å²) in [7, 11) is 0. The van der Waals surface area contributed by atoms with Gasteiger partial charge in [0.15, 0.2) is 0 Å². The minimum Gasteiger partial charge on any atom is -0.467 e. The first-order chi connectivity index (χ1) is 12.7. The maximum atomic E-state index is 5.33. The van der Waals surface area contributed by atoms with Gasteiger partial charge in [0.1, 0.15) is 11.6 Å². The van der Waals surface area contributed by atoms with Crippen LogP contribution in [0.4, 0.5) is 23.1 Å². The van der Waals surface area contributed by atoms with Crippen molar-refractivity contribution < 1.29 is 4.42 Å². The molecule has 1 aromatic carbocycles. The van der Waals surface area contributed by atoms with Crippen LogP contribution in [0.3, 0.4) is 0 Å². The van der Waals surface area contributed by atoms with E-state index in [0.717, 1.165) is 36.0 Å². The molecule has 0 saturated carbocycles. The third kappa shape index (κ3) is 4.53. The first-order valence-corrected chi connectivity index (χ1v) is 8.92. The van der Waals surface area contributed by atoms with Crippen molar-refractivity contribution in [2.45, 2.75) is 27.3 Å². The zero-order chi connectivity index (χ0) is 18.4. The summed E-state index contributed by atoms with van der Waals surface area (Å²) < 4.78 is 5.33. The predicted octanol–water partition coefficient (Wildman–Crippen LogP) is 4.58. The topological polar surface area (TPSA) is 66.2 Å². The van der Waals surface area contributed by atoms with Crippen molar-refractivity contribution in [1.29, 1.82) is 0 Å². The predicted molar refractivity (Wildman–Crippen MR) is 106 cm³/mol. The fourth-order valence-corrected chi connectivity index (χ4v) is 2.78. The number of anilines is 4. The minimum absolute atomic E-state index is 0.572. The smallest absolute Gasteiger partial charge is 0.229 e. The van der Waals surface area contributed by atoms with Gasteiger partial charge in [-0.05, 0) is 57.2 Å². The molecule has 3 aromatic rings. The third-order valence-corrected chi connectivity index (χ3v) is 4.13. The van der Waals surface area contributed by atoms with E-state index in [1.54, 1.807) is 6.26 Å². The first-order valence-electron chi connectivity index (χ1n) is 8.92. The number of benzene rings is 1. The summed E-state index contributed by atoms with van der Waals surface area (Å²) in [6, 6.07) is 14.0. The van der Waals surface area contributed by atoms with Crippen LogP contribution in [0.15, 0.2) is 53.1 Å². The lowest BCUT2D eigenvalue weighted by atomic mass is 10.2. The van der Waals surface area contributed by atoms with Crippen molar-refractivity contribution in [3.8, 4) is 0 Å². The highest BCUT2D eigenvalue weighted by atomic mass is 16.3. The van der Waals surface area contributed by atoms with Crippen molar-refractivity contribution in [3.05, 3.63) is 60.2 Å². The third-order valence-electron chi connectivity index (χ3n) is 4.13. The second kappa shape index (κ2) is 8.38. The van der Waals surface area contributed by atoms with Crippen LogP contribution in [-0.4, -0.2) is 23.1 Å². The molecule has 6 heteroatoms. The molecule has 0 aliphatic carbocycles. The van der Waals surface area contributed by atoms with Gasteiger partial charge in [-0.1, -0.05) is 0 Å². The van der Waals surface area contributed by atoms with E-state index in [0.29, 0.717) is 12.5 Å². The molecule has 0 fully saturated rings. The molecule has 2 aromatic heterocycles. The summed E-state index contributed by atoms with van der Waals surface area (Å²) in [5.41, 5.74) is 3.07. The first kappa shape index (κ1) is 17.8. The van der Waals surface area contributed by atoms with E-state index in [4.69, 9.17) is 4.42 Å². The van der Waals surface area contributed by atoms with Crippen LogP contribution >= 0.6 is 0 Å². The molecule has 0 atom stereocenters. The van der Waals surface area contributed by atoms with Crippen LogP contribution in [0, 0.1) is 6.92 Å². The van der Waals surface area contributed by atoms with E-state index < -0.39 is 0 Å². The molecule has 0 amide bonds. The summed E-state index contributed by atoms with van der Waals surface area (Å²) in [5.74, 6) is 2.20. The Morgan fingerprint density at radius 1 is 1.04 bits per heavy atom. The maximum absolute atomic E-state index is 5.33. The molecule has 136 valence electrons. The number of nitrogens with one attached hydrogen (secondary N) is 2. The summed E-state index contributed by atoms with van der Waals surface area (Å²) in [5, 5.41) is 6.54. The van der Waals surface area contributed by atoms with Gasteiger partial charge in [-0.2, -0.15) is 4.98 Å².